The molecule has 2 unspecified atom stereocenters. The Labute approximate surface area is 142 Å². The van der Waals surface area contributed by atoms with Gasteiger partial charge in [-0.2, -0.15) is 0 Å². The minimum Gasteiger partial charge on any atom is -0.465 e. The predicted octanol–water partition coefficient (Wildman–Crippen LogP) is 2.34. The van der Waals surface area contributed by atoms with Crippen LogP contribution in [-0.4, -0.2) is 35.8 Å². The van der Waals surface area contributed by atoms with Gasteiger partial charge in [-0.1, -0.05) is 43.2 Å². The van der Waals surface area contributed by atoms with Gasteiger partial charge in [0.05, 0.1) is 24.9 Å². The summed E-state index contributed by atoms with van der Waals surface area (Å²) in [5.41, 5.74) is 1.11. The van der Waals surface area contributed by atoms with E-state index in [0.717, 1.165) is 31.2 Å². The maximum atomic E-state index is 12.3. The van der Waals surface area contributed by atoms with Crippen molar-refractivity contribution in [3.05, 3.63) is 35.9 Å². The van der Waals surface area contributed by atoms with Crippen molar-refractivity contribution in [1.29, 1.82) is 0 Å². The van der Waals surface area contributed by atoms with E-state index in [9.17, 15) is 14.4 Å². The molecule has 1 aromatic rings. The summed E-state index contributed by atoms with van der Waals surface area (Å²) >= 11 is 0. The van der Waals surface area contributed by atoms with Crippen LogP contribution in [0.2, 0.25) is 0 Å². The molecule has 1 aromatic carbocycles. The standard InChI is InChI=1S/C19H23NO4/c21-17(24-13-11-14-6-2-1-3-7-14)10-12-20-18(22)15-8-4-5-9-16(15)19(20)23/h1-3,6-7,15-16H,4-5,8-13H2. The number of benzene rings is 1. The first-order chi connectivity index (χ1) is 11.7. The van der Waals surface area contributed by atoms with Gasteiger partial charge >= 0.3 is 5.97 Å². The van der Waals surface area contributed by atoms with Crippen LogP contribution in [0, 0.1) is 11.8 Å². The molecule has 2 atom stereocenters. The Morgan fingerprint density at radius 1 is 1.04 bits per heavy atom. The van der Waals surface area contributed by atoms with E-state index in [4.69, 9.17) is 4.74 Å². The highest BCUT2D eigenvalue weighted by atomic mass is 16.5. The Balaban J connectivity index is 1.42. The van der Waals surface area contributed by atoms with Crippen LogP contribution in [0.1, 0.15) is 37.7 Å². The topological polar surface area (TPSA) is 63.7 Å². The minimum atomic E-state index is -0.360. The smallest absolute Gasteiger partial charge is 0.307 e. The molecule has 3 rings (SSSR count). The molecule has 1 saturated carbocycles. The molecule has 0 bridgehead atoms. The molecule has 2 aliphatic rings. The van der Waals surface area contributed by atoms with Gasteiger partial charge in [0.15, 0.2) is 0 Å². The first-order valence-electron chi connectivity index (χ1n) is 8.71. The third kappa shape index (κ3) is 3.66. The molecular formula is C19H23NO4. The molecule has 1 heterocycles. The van der Waals surface area contributed by atoms with E-state index in [-0.39, 0.29) is 42.6 Å². The number of carbonyl (C=O) groups excluding carboxylic acids is 3. The lowest BCUT2D eigenvalue weighted by atomic mass is 9.81. The quantitative estimate of drug-likeness (QED) is 0.593. The van der Waals surface area contributed by atoms with Crippen molar-refractivity contribution in [1.82, 2.24) is 4.90 Å². The fourth-order valence-corrected chi connectivity index (χ4v) is 3.65. The van der Waals surface area contributed by atoms with Gasteiger partial charge in [0.2, 0.25) is 11.8 Å². The molecule has 5 nitrogen and oxygen atoms in total. The summed E-state index contributed by atoms with van der Waals surface area (Å²) in [6, 6.07) is 9.80. The number of ether oxygens (including phenoxy) is 1. The van der Waals surface area contributed by atoms with Crippen molar-refractivity contribution >= 4 is 17.8 Å². The number of esters is 1. The zero-order valence-corrected chi connectivity index (χ0v) is 13.8. The van der Waals surface area contributed by atoms with Crippen LogP contribution in [0.5, 0.6) is 0 Å². The van der Waals surface area contributed by atoms with Gasteiger partial charge in [-0.15, -0.1) is 0 Å². The lowest BCUT2D eigenvalue weighted by Gasteiger charge is -2.19. The van der Waals surface area contributed by atoms with E-state index >= 15 is 0 Å². The van der Waals surface area contributed by atoms with Crippen LogP contribution in [0.25, 0.3) is 0 Å². The van der Waals surface area contributed by atoms with Gasteiger partial charge in [-0.25, -0.2) is 0 Å². The van der Waals surface area contributed by atoms with Gasteiger partial charge in [0.25, 0.3) is 0 Å². The second kappa shape index (κ2) is 7.60. The summed E-state index contributed by atoms with van der Waals surface area (Å²) in [6.45, 7) is 0.463. The monoisotopic (exact) mass is 329 g/mol. The first kappa shape index (κ1) is 16.7. The Kier molecular flexibility index (Phi) is 5.28. The summed E-state index contributed by atoms with van der Waals surface area (Å²) in [7, 11) is 0. The molecule has 0 spiro atoms. The van der Waals surface area contributed by atoms with Gasteiger partial charge in [0.1, 0.15) is 0 Å². The zero-order chi connectivity index (χ0) is 16.9. The Morgan fingerprint density at radius 3 is 2.29 bits per heavy atom. The molecule has 0 N–H and O–H groups in total. The average molecular weight is 329 g/mol. The number of imide groups is 1. The van der Waals surface area contributed by atoms with E-state index in [1.54, 1.807) is 0 Å². The third-order valence-electron chi connectivity index (χ3n) is 4.97. The predicted molar refractivity (Wildman–Crippen MR) is 87.9 cm³/mol. The van der Waals surface area contributed by atoms with Crippen molar-refractivity contribution in [3.63, 3.8) is 0 Å². The number of amides is 2. The van der Waals surface area contributed by atoms with E-state index in [0.29, 0.717) is 13.0 Å². The molecule has 2 fully saturated rings. The van der Waals surface area contributed by atoms with Crippen molar-refractivity contribution in [2.45, 2.75) is 38.5 Å². The summed E-state index contributed by atoms with van der Waals surface area (Å²) < 4.78 is 5.21. The SMILES string of the molecule is O=C(CCN1C(=O)C2CCCCC2C1=O)OCCc1ccccc1. The van der Waals surface area contributed by atoms with Crippen LogP contribution in [0.3, 0.4) is 0 Å². The van der Waals surface area contributed by atoms with Crippen LogP contribution < -0.4 is 0 Å². The second-order valence-corrected chi connectivity index (χ2v) is 6.53. The van der Waals surface area contributed by atoms with E-state index < -0.39 is 0 Å². The Hall–Kier alpha value is -2.17. The molecule has 0 radical (unpaired) electrons. The van der Waals surface area contributed by atoms with Crippen LogP contribution in [0.4, 0.5) is 0 Å². The Morgan fingerprint density at radius 2 is 1.67 bits per heavy atom. The van der Waals surface area contributed by atoms with Crippen molar-refractivity contribution in [3.8, 4) is 0 Å². The molecule has 0 aromatic heterocycles. The van der Waals surface area contributed by atoms with E-state index in [1.165, 1.54) is 4.90 Å². The highest BCUT2D eigenvalue weighted by molar-refractivity contribution is 6.05. The van der Waals surface area contributed by atoms with Gasteiger partial charge in [-0.3, -0.25) is 19.3 Å². The zero-order valence-electron chi connectivity index (χ0n) is 13.8. The maximum absolute atomic E-state index is 12.3. The molecule has 24 heavy (non-hydrogen) atoms. The lowest BCUT2D eigenvalue weighted by Crippen LogP contribution is -2.33. The minimum absolute atomic E-state index is 0.0751. The number of likely N-dealkylation sites (tertiary alicyclic amines) is 1. The van der Waals surface area contributed by atoms with Gasteiger partial charge in [0, 0.05) is 13.0 Å². The second-order valence-electron chi connectivity index (χ2n) is 6.53. The first-order valence-corrected chi connectivity index (χ1v) is 8.71. The molecular weight excluding hydrogens is 306 g/mol. The summed E-state index contributed by atoms with van der Waals surface area (Å²) in [4.78, 5) is 37.8. The normalized spacial score (nSPS) is 23.2. The summed E-state index contributed by atoms with van der Waals surface area (Å²) in [5, 5.41) is 0. The molecule has 2 amide bonds. The number of fused-ring (bicyclic) bond motifs is 1. The fraction of sp³-hybridized carbons (Fsp3) is 0.526. The average Bonchev–Trinajstić information content (AvgIpc) is 2.85. The van der Waals surface area contributed by atoms with Crippen LogP contribution >= 0.6 is 0 Å². The maximum Gasteiger partial charge on any atom is 0.307 e. The number of hydrogen-bond donors (Lipinski definition) is 0. The highest BCUT2D eigenvalue weighted by Crippen LogP contribution is 2.37. The van der Waals surface area contributed by atoms with Crippen LogP contribution in [0.15, 0.2) is 30.3 Å². The Bertz CT molecular complexity index is 589. The largest absolute Gasteiger partial charge is 0.465 e. The summed E-state index contributed by atoms with van der Waals surface area (Å²) in [6.07, 6.45) is 4.36. The summed E-state index contributed by atoms with van der Waals surface area (Å²) in [5.74, 6) is -0.856. The molecule has 128 valence electrons. The molecule has 1 aliphatic carbocycles. The highest BCUT2D eigenvalue weighted by Gasteiger charge is 2.47. The lowest BCUT2D eigenvalue weighted by molar-refractivity contribution is -0.145. The fourth-order valence-electron chi connectivity index (χ4n) is 3.65. The van der Waals surface area contributed by atoms with E-state index in [2.05, 4.69) is 0 Å². The molecule has 5 heteroatoms. The van der Waals surface area contributed by atoms with Crippen molar-refractivity contribution in [2.24, 2.45) is 11.8 Å². The third-order valence-corrected chi connectivity index (χ3v) is 4.97. The van der Waals surface area contributed by atoms with Crippen molar-refractivity contribution < 1.29 is 19.1 Å². The number of carbonyl (C=O) groups is 3. The van der Waals surface area contributed by atoms with Gasteiger partial charge in [-0.05, 0) is 18.4 Å². The number of nitrogens with zero attached hydrogens (tertiary/aromatic N) is 1. The number of rotatable bonds is 6. The van der Waals surface area contributed by atoms with E-state index in [1.807, 2.05) is 30.3 Å². The molecule has 1 saturated heterocycles. The van der Waals surface area contributed by atoms with Crippen LogP contribution in [-0.2, 0) is 25.5 Å². The van der Waals surface area contributed by atoms with Gasteiger partial charge < -0.3 is 4.74 Å². The van der Waals surface area contributed by atoms with Crippen molar-refractivity contribution in [2.75, 3.05) is 13.2 Å². The number of hydrogen-bond acceptors (Lipinski definition) is 4. The molecule has 1 aliphatic heterocycles.